The minimum atomic E-state index is -0.907. The molecule has 1 nitrogen and oxygen atoms in total. The molecule has 0 unspecified atom stereocenters. The van der Waals surface area contributed by atoms with E-state index < -0.39 is 16.7 Å². The fourth-order valence-electron chi connectivity index (χ4n) is 1.03. The van der Waals surface area contributed by atoms with Crippen LogP contribution in [0.4, 0.5) is 8.78 Å². The molecule has 0 radical (unpaired) electrons. The van der Waals surface area contributed by atoms with Gasteiger partial charge in [0.25, 0.3) is 0 Å². The first-order valence-electron chi connectivity index (χ1n) is 4.12. The predicted octanol–water partition coefficient (Wildman–Crippen LogP) is 3.46. The van der Waals surface area contributed by atoms with Gasteiger partial charge in [0.1, 0.15) is 16.7 Å². The molecule has 4 heteroatoms. The zero-order valence-corrected chi connectivity index (χ0v) is 8.53. The van der Waals surface area contributed by atoms with Crippen molar-refractivity contribution in [2.75, 3.05) is 0 Å². The van der Waals surface area contributed by atoms with Crippen molar-refractivity contribution in [2.24, 2.45) is 5.92 Å². The van der Waals surface area contributed by atoms with E-state index in [1.54, 1.807) is 13.8 Å². The molecule has 1 aromatic carbocycles. The summed E-state index contributed by atoms with van der Waals surface area (Å²) in [4.78, 5) is 11.4. The van der Waals surface area contributed by atoms with Crippen LogP contribution in [0.2, 0.25) is 5.02 Å². The Morgan fingerprint density at radius 1 is 1.29 bits per heavy atom. The predicted molar refractivity (Wildman–Crippen MR) is 50.5 cm³/mol. The van der Waals surface area contributed by atoms with Gasteiger partial charge in [-0.15, -0.1) is 0 Å². The van der Waals surface area contributed by atoms with Gasteiger partial charge >= 0.3 is 0 Å². The number of benzene rings is 1. The minimum absolute atomic E-state index is 0.0133. The van der Waals surface area contributed by atoms with Gasteiger partial charge in [0.05, 0.1) is 0 Å². The zero-order valence-electron chi connectivity index (χ0n) is 7.77. The maximum absolute atomic E-state index is 12.9. The number of carbonyl (C=O) groups excluding carboxylic acids is 1. The summed E-state index contributed by atoms with van der Waals surface area (Å²) in [5.74, 6) is -2.42. The summed E-state index contributed by atoms with van der Waals surface area (Å²) < 4.78 is 25.9. The van der Waals surface area contributed by atoms with Crippen molar-refractivity contribution >= 4 is 17.4 Å². The summed E-state index contributed by atoms with van der Waals surface area (Å²) in [6.07, 6.45) is 0. The molecule has 14 heavy (non-hydrogen) atoms. The third kappa shape index (κ3) is 2.10. The third-order valence-electron chi connectivity index (χ3n) is 1.79. The summed E-state index contributed by atoms with van der Waals surface area (Å²) in [6.45, 7) is 3.32. The Bertz CT molecular complexity index is 351. The van der Waals surface area contributed by atoms with Gasteiger partial charge in [-0.25, -0.2) is 8.78 Å². The number of Topliss-reactive ketones (excluding diaryl/α,β-unsaturated/α-hetero) is 1. The number of carbonyl (C=O) groups is 1. The van der Waals surface area contributed by atoms with Gasteiger partial charge in [-0.05, 0) is 12.1 Å². The lowest BCUT2D eigenvalue weighted by Gasteiger charge is -2.05. The van der Waals surface area contributed by atoms with Crippen molar-refractivity contribution in [3.8, 4) is 0 Å². The number of ketones is 1. The fraction of sp³-hybridized carbons (Fsp3) is 0.300. The molecule has 0 atom stereocenters. The number of hydrogen-bond donors (Lipinski definition) is 0. The maximum atomic E-state index is 12.9. The molecular weight excluding hydrogens is 210 g/mol. The normalized spacial score (nSPS) is 10.7. The van der Waals surface area contributed by atoms with E-state index in [0.717, 1.165) is 12.1 Å². The van der Waals surface area contributed by atoms with Crippen LogP contribution in [0.25, 0.3) is 0 Å². The van der Waals surface area contributed by atoms with Gasteiger partial charge in [-0.1, -0.05) is 25.4 Å². The molecule has 0 N–H and O–H groups in total. The second-order valence-electron chi connectivity index (χ2n) is 3.27. The van der Waals surface area contributed by atoms with Crippen LogP contribution in [-0.4, -0.2) is 5.78 Å². The molecule has 0 aliphatic carbocycles. The highest BCUT2D eigenvalue weighted by Gasteiger charge is 2.15. The Balaban J connectivity index is 3.19. The molecule has 0 aromatic heterocycles. The lowest BCUT2D eigenvalue weighted by atomic mass is 10.0. The van der Waals surface area contributed by atoms with Crippen molar-refractivity contribution in [3.63, 3.8) is 0 Å². The third-order valence-corrected chi connectivity index (χ3v) is 2.15. The highest BCUT2D eigenvalue weighted by molar-refractivity contribution is 6.31. The molecule has 0 saturated carbocycles. The lowest BCUT2D eigenvalue weighted by Crippen LogP contribution is -2.08. The van der Waals surface area contributed by atoms with Crippen LogP contribution in [0.1, 0.15) is 24.2 Å². The first-order chi connectivity index (χ1) is 6.43. The molecule has 0 aliphatic heterocycles. The van der Waals surface area contributed by atoms with Gasteiger partial charge in [-0.3, -0.25) is 4.79 Å². The van der Waals surface area contributed by atoms with Crippen LogP contribution in [-0.2, 0) is 0 Å². The quantitative estimate of drug-likeness (QED) is 0.549. The monoisotopic (exact) mass is 218 g/mol. The van der Waals surface area contributed by atoms with Gasteiger partial charge in [-0.2, -0.15) is 0 Å². The van der Waals surface area contributed by atoms with Crippen LogP contribution in [0, 0.1) is 17.6 Å². The number of hydrogen-bond acceptors (Lipinski definition) is 1. The Kier molecular flexibility index (Phi) is 3.21. The van der Waals surface area contributed by atoms with E-state index in [2.05, 4.69) is 0 Å². The van der Waals surface area contributed by atoms with Crippen molar-refractivity contribution in [1.82, 2.24) is 0 Å². The van der Waals surface area contributed by atoms with Crippen molar-refractivity contribution in [2.45, 2.75) is 13.8 Å². The SMILES string of the molecule is CC(C)C(=O)c1cc(F)c(Cl)c(F)c1. The zero-order chi connectivity index (χ0) is 10.9. The highest BCUT2D eigenvalue weighted by atomic mass is 35.5. The minimum Gasteiger partial charge on any atom is -0.294 e. The molecule has 0 aliphatic rings. The Labute approximate surface area is 85.7 Å². The summed E-state index contributed by atoms with van der Waals surface area (Å²) in [6, 6.07) is 1.90. The standard InChI is InChI=1S/C10H9ClF2O/c1-5(2)10(14)6-3-7(12)9(11)8(13)4-6/h3-5H,1-2H3. The summed E-state index contributed by atoms with van der Waals surface area (Å²) >= 11 is 5.27. The van der Waals surface area contributed by atoms with Crippen molar-refractivity contribution < 1.29 is 13.6 Å². The van der Waals surface area contributed by atoms with E-state index in [-0.39, 0.29) is 17.3 Å². The molecule has 0 amide bonds. The first-order valence-corrected chi connectivity index (χ1v) is 4.50. The van der Waals surface area contributed by atoms with Crippen LogP contribution in [0.15, 0.2) is 12.1 Å². The first kappa shape index (κ1) is 11.1. The smallest absolute Gasteiger partial charge is 0.165 e. The van der Waals surface area contributed by atoms with Gasteiger partial charge in [0.15, 0.2) is 5.78 Å². The van der Waals surface area contributed by atoms with Crippen LogP contribution in [0.3, 0.4) is 0 Å². The summed E-state index contributed by atoms with van der Waals surface area (Å²) in [7, 11) is 0. The average molecular weight is 219 g/mol. The maximum Gasteiger partial charge on any atom is 0.165 e. The average Bonchev–Trinajstić information content (AvgIpc) is 2.12. The molecule has 0 fully saturated rings. The molecule has 76 valence electrons. The van der Waals surface area contributed by atoms with Gasteiger partial charge in [0.2, 0.25) is 0 Å². The Morgan fingerprint density at radius 2 is 1.71 bits per heavy atom. The van der Waals surface area contributed by atoms with E-state index >= 15 is 0 Å². The van der Waals surface area contributed by atoms with E-state index in [4.69, 9.17) is 11.6 Å². The Hall–Kier alpha value is -0.960. The van der Waals surface area contributed by atoms with E-state index in [1.807, 2.05) is 0 Å². The molecule has 1 rings (SSSR count). The molecular formula is C10H9ClF2O. The lowest BCUT2D eigenvalue weighted by molar-refractivity contribution is 0.0938. The van der Waals surface area contributed by atoms with Gasteiger partial charge < -0.3 is 0 Å². The molecule has 0 saturated heterocycles. The second-order valence-corrected chi connectivity index (χ2v) is 3.65. The number of rotatable bonds is 2. The van der Waals surface area contributed by atoms with Crippen LogP contribution in [0.5, 0.6) is 0 Å². The number of halogens is 3. The molecule has 0 bridgehead atoms. The second kappa shape index (κ2) is 4.05. The van der Waals surface area contributed by atoms with E-state index in [1.165, 1.54) is 0 Å². The molecule has 0 spiro atoms. The van der Waals surface area contributed by atoms with Crippen molar-refractivity contribution in [1.29, 1.82) is 0 Å². The van der Waals surface area contributed by atoms with E-state index in [9.17, 15) is 13.6 Å². The largest absolute Gasteiger partial charge is 0.294 e. The summed E-state index contributed by atoms with van der Waals surface area (Å²) in [5.41, 5.74) is 0.0133. The van der Waals surface area contributed by atoms with Crippen LogP contribution < -0.4 is 0 Å². The topological polar surface area (TPSA) is 17.1 Å². The molecule has 0 heterocycles. The van der Waals surface area contributed by atoms with Gasteiger partial charge in [0, 0.05) is 11.5 Å². The Morgan fingerprint density at radius 3 is 2.07 bits per heavy atom. The highest BCUT2D eigenvalue weighted by Crippen LogP contribution is 2.21. The van der Waals surface area contributed by atoms with Crippen molar-refractivity contribution in [3.05, 3.63) is 34.4 Å². The van der Waals surface area contributed by atoms with Crippen LogP contribution >= 0.6 is 11.6 Å². The van der Waals surface area contributed by atoms with E-state index in [0.29, 0.717) is 0 Å². The summed E-state index contributed by atoms with van der Waals surface area (Å²) in [5, 5.41) is -0.578. The fourth-order valence-corrected chi connectivity index (χ4v) is 1.14. The molecule has 1 aromatic rings.